The molecule has 1 amide bonds. The van der Waals surface area contributed by atoms with Gasteiger partial charge in [0.25, 0.3) is 0 Å². The van der Waals surface area contributed by atoms with E-state index >= 15 is 0 Å². The SMILES string of the molecule is O=C(Cc1c(F)cccc1Cl)N1CCN(c2ccc(-c3cccs3)nn2)CC1. The molecule has 1 fully saturated rings. The van der Waals surface area contributed by atoms with E-state index < -0.39 is 5.82 Å². The van der Waals surface area contributed by atoms with E-state index in [-0.39, 0.29) is 22.9 Å². The van der Waals surface area contributed by atoms with Crippen LogP contribution in [-0.4, -0.2) is 47.2 Å². The molecule has 4 rings (SSSR count). The molecular weight excluding hydrogens is 399 g/mol. The van der Waals surface area contributed by atoms with Gasteiger partial charge in [0.2, 0.25) is 5.91 Å². The summed E-state index contributed by atoms with van der Waals surface area (Å²) in [7, 11) is 0. The van der Waals surface area contributed by atoms with Crippen molar-refractivity contribution < 1.29 is 9.18 Å². The minimum absolute atomic E-state index is 0.0270. The number of amides is 1. The quantitative estimate of drug-likeness (QED) is 0.647. The van der Waals surface area contributed by atoms with Gasteiger partial charge in [0.05, 0.1) is 11.3 Å². The predicted molar refractivity (Wildman–Crippen MR) is 109 cm³/mol. The van der Waals surface area contributed by atoms with Gasteiger partial charge in [-0.25, -0.2) is 4.39 Å². The van der Waals surface area contributed by atoms with Crippen LogP contribution in [0.1, 0.15) is 5.56 Å². The molecular formula is C20H18ClFN4OS. The molecule has 2 aromatic heterocycles. The predicted octanol–water partition coefficient (Wildman–Crippen LogP) is 3.89. The molecule has 144 valence electrons. The van der Waals surface area contributed by atoms with Crippen molar-refractivity contribution in [1.29, 1.82) is 0 Å². The third-order valence-electron chi connectivity index (χ3n) is 4.77. The molecule has 0 bridgehead atoms. The molecule has 0 spiro atoms. The highest BCUT2D eigenvalue weighted by Gasteiger charge is 2.23. The van der Waals surface area contributed by atoms with Gasteiger partial charge in [-0.2, -0.15) is 0 Å². The third kappa shape index (κ3) is 4.00. The van der Waals surface area contributed by atoms with Crippen molar-refractivity contribution in [3.63, 3.8) is 0 Å². The van der Waals surface area contributed by atoms with Crippen molar-refractivity contribution in [2.45, 2.75) is 6.42 Å². The van der Waals surface area contributed by atoms with Crippen LogP contribution in [0.15, 0.2) is 47.8 Å². The maximum absolute atomic E-state index is 13.9. The number of halogens is 2. The molecule has 0 saturated carbocycles. The van der Waals surface area contributed by atoms with Crippen molar-refractivity contribution in [2.75, 3.05) is 31.1 Å². The summed E-state index contributed by atoms with van der Waals surface area (Å²) in [5, 5.41) is 10.9. The molecule has 3 aromatic rings. The first-order valence-electron chi connectivity index (χ1n) is 8.95. The molecule has 1 saturated heterocycles. The number of hydrogen-bond acceptors (Lipinski definition) is 5. The first kappa shape index (κ1) is 18.8. The fourth-order valence-corrected chi connectivity index (χ4v) is 4.12. The van der Waals surface area contributed by atoms with Crippen molar-refractivity contribution in [3.05, 3.63) is 64.2 Å². The Hall–Kier alpha value is -2.51. The van der Waals surface area contributed by atoms with E-state index in [0.717, 1.165) is 16.4 Å². The highest BCUT2D eigenvalue weighted by atomic mass is 35.5. The van der Waals surface area contributed by atoms with E-state index in [4.69, 9.17) is 11.6 Å². The van der Waals surface area contributed by atoms with Crippen molar-refractivity contribution >= 4 is 34.7 Å². The molecule has 3 heterocycles. The van der Waals surface area contributed by atoms with E-state index in [1.165, 1.54) is 12.1 Å². The Balaban J connectivity index is 1.36. The van der Waals surface area contributed by atoms with Crippen LogP contribution in [-0.2, 0) is 11.2 Å². The number of carbonyl (C=O) groups is 1. The lowest BCUT2D eigenvalue weighted by Crippen LogP contribution is -2.49. The second kappa shape index (κ2) is 8.24. The smallest absolute Gasteiger partial charge is 0.227 e. The Morgan fingerprint density at radius 2 is 1.89 bits per heavy atom. The number of carbonyl (C=O) groups excluding carboxylic acids is 1. The van der Waals surface area contributed by atoms with E-state index in [1.807, 2.05) is 29.6 Å². The number of anilines is 1. The van der Waals surface area contributed by atoms with Gasteiger partial charge < -0.3 is 9.80 Å². The van der Waals surface area contributed by atoms with Gasteiger partial charge in [-0.05, 0) is 35.7 Å². The zero-order valence-electron chi connectivity index (χ0n) is 15.0. The minimum atomic E-state index is -0.444. The van der Waals surface area contributed by atoms with E-state index in [2.05, 4.69) is 15.1 Å². The van der Waals surface area contributed by atoms with Crippen LogP contribution in [0.2, 0.25) is 5.02 Å². The van der Waals surface area contributed by atoms with Gasteiger partial charge in [0.15, 0.2) is 5.82 Å². The van der Waals surface area contributed by atoms with Crippen LogP contribution in [0.4, 0.5) is 10.2 Å². The summed E-state index contributed by atoms with van der Waals surface area (Å²) in [6.07, 6.45) is -0.0270. The first-order chi connectivity index (χ1) is 13.6. The third-order valence-corrected chi connectivity index (χ3v) is 6.02. The van der Waals surface area contributed by atoms with Gasteiger partial charge in [0, 0.05) is 36.8 Å². The molecule has 1 aliphatic rings. The summed E-state index contributed by atoms with van der Waals surface area (Å²) < 4.78 is 13.9. The molecule has 0 N–H and O–H groups in total. The molecule has 1 aliphatic heterocycles. The van der Waals surface area contributed by atoms with Gasteiger partial charge in [-0.3, -0.25) is 4.79 Å². The molecule has 28 heavy (non-hydrogen) atoms. The summed E-state index contributed by atoms with van der Waals surface area (Å²) >= 11 is 7.66. The number of piperazine rings is 1. The lowest BCUT2D eigenvalue weighted by atomic mass is 10.1. The highest BCUT2D eigenvalue weighted by molar-refractivity contribution is 7.13. The van der Waals surface area contributed by atoms with Gasteiger partial charge in [-0.1, -0.05) is 23.7 Å². The summed E-state index contributed by atoms with van der Waals surface area (Å²) in [6.45, 7) is 2.42. The minimum Gasteiger partial charge on any atom is -0.352 e. The van der Waals surface area contributed by atoms with Gasteiger partial charge in [0.1, 0.15) is 11.5 Å². The lowest BCUT2D eigenvalue weighted by molar-refractivity contribution is -0.130. The number of nitrogens with zero attached hydrogens (tertiary/aromatic N) is 4. The molecule has 8 heteroatoms. The highest BCUT2D eigenvalue weighted by Crippen LogP contribution is 2.24. The van der Waals surface area contributed by atoms with Crippen LogP contribution >= 0.6 is 22.9 Å². The number of thiophene rings is 1. The van der Waals surface area contributed by atoms with Crippen molar-refractivity contribution in [2.24, 2.45) is 0 Å². The van der Waals surface area contributed by atoms with E-state index in [9.17, 15) is 9.18 Å². The Kier molecular flexibility index (Phi) is 5.54. The maximum atomic E-state index is 13.9. The zero-order valence-corrected chi connectivity index (χ0v) is 16.6. The summed E-state index contributed by atoms with van der Waals surface area (Å²) in [5.74, 6) is 0.232. The molecule has 1 aromatic carbocycles. The van der Waals surface area contributed by atoms with E-state index in [1.54, 1.807) is 22.3 Å². The second-order valence-electron chi connectivity index (χ2n) is 6.50. The van der Waals surface area contributed by atoms with Crippen LogP contribution in [0.5, 0.6) is 0 Å². The summed E-state index contributed by atoms with van der Waals surface area (Å²) in [6, 6.07) is 12.4. The fraction of sp³-hybridized carbons (Fsp3) is 0.250. The fourth-order valence-electron chi connectivity index (χ4n) is 3.20. The van der Waals surface area contributed by atoms with Gasteiger partial charge >= 0.3 is 0 Å². The molecule has 0 atom stereocenters. The summed E-state index contributed by atoms with van der Waals surface area (Å²) in [4.78, 5) is 17.5. The van der Waals surface area contributed by atoms with Crippen LogP contribution < -0.4 is 4.90 Å². The number of benzene rings is 1. The average Bonchev–Trinajstić information content (AvgIpc) is 3.26. The standard InChI is InChI=1S/C20H18ClFN4OS/c21-15-3-1-4-16(22)14(15)13-20(27)26-10-8-25(9-11-26)19-7-6-17(23-24-19)18-5-2-12-28-18/h1-7,12H,8-11,13H2. The lowest BCUT2D eigenvalue weighted by Gasteiger charge is -2.35. The van der Waals surface area contributed by atoms with Crippen LogP contribution in [0, 0.1) is 5.82 Å². The van der Waals surface area contributed by atoms with E-state index in [0.29, 0.717) is 26.2 Å². The average molecular weight is 417 g/mol. The summed E-state index contributed by atoms with van der Waals surface area (Å²) in [5.41, 5.74) is 1.11. The Morgan fingerprint density at radius 1 is 1.07 bits per heavy atom. The Labute approximate surface area is 171 Å². The monoisotopic (exact) mass is 416 g/mol. The number of aromatic nitrogens is 2. The zero-order chi connectivity index (χ0) is 19.5. The molecule has 0 aliphatic carbocycles. The normalized spacial score (nSPS) is 14.4. The van der Waals surface area contributed by atoms with Gasteiger partial charge in [-0.15, -0.1) is 21.5 Å². The molecule has 5 nitrogen and oxygen atoms in total. The molecule has 0 unspecified atom stereocenters. The Bertz CT molecular complexity index is 937. The number of hydrogen-bond donors (Lipinski definition) is 0. The van der Waals surface area contributed by atoms with Crippen LogP contribution in [0.3, 0.4) is 0 Å². The van der Waals surface area contributed by atoms with Crippen LogP contribution in [0.25, 0.3) is 10.6 Å². The topological polar surface area (TPSA) is 49.3 Å². The molecule has 0 radical (unpaired) electrons. The maximum Gasteiger partial charge on any atom is 0.227 e. The second-order valence-corrected chi connectivity index (χ2v) is 7.85. The van der Waals surface area contributed by atoms with Crippen molar-refractivity contribution in [1.82, 2.24) is 15.1 Å². The number of rotatable bonds is 4. The van der Waals surface area contributed by atoms with Crippen molar-refractivity contribution in [3.8, 4) is 10.6 Å². The first-order valence-corrected chi connectivity index (χ1v) is 10.2. The Morgan fingerprint density at radius 3 is 2.54 bits per heavy atom. The largest absolute Gasteiger partial charge is 0.352 e.